The molecule has 1 aromatic heterocycles. The summed E-state index contributed by atoms with van der Waals surface area (Å²) in [6.07, 6.45) is 4.81. The van der Waals surface area contributed by atoms with E-state index in [2.05, 4.69) is 44.6 Å². The molecule has 4 aromatic rings. The molecular weight excluding hydrogens is 408 g/mol. The van der Waals surface area contributed by atoms with E-state index in [0.717, 1.165) is 70.1 Å². The molecule has 5 rings (SSSR count). The average molecular weight is 433 g/mol. The molecule has 2 heterocycles. The van der Waals surface area contributed by atoms with E-state index in [-0.39, 0.29) is 0 Å². The lowest BCUT2D eigenvalue weighted by atomic mass is 10.1. The summed E-state index contributed by atoms with van der Waals surface area (Å²) in [5, 5.41) is 7.72. The van der Waals surface area contributed by atoms with Gasteiger partial charge in [-0.2, -0.15) is 0 Å². The number of aromatic nitrogens is 2. The maximum Gasteiger partial charge on any atom is 0.141 e. The van der Waals surface area contributed by atoms with Crippen LogP contribution in [-0.2, 0) is 0 Å². The number of rotatable bonds is 4. The molecular formula is C28H24N4O. The first-order valence-electron chi connectivity index (χ1n) is 11.0. The van der Waals surface area contributed by atoms with Crippen LogP contribution in [0.4, 0.5) is 11.5 Å². The number of fused-ring (bicyclic) bond motifs is 1. The molecule has 0 saturated heterocycles. The van der Waals surface area contributed by atoms with Crippen LogP contribution in [-0.4, -0.2) is 23.1 Å². The zero-order chi connectivity index (χ0) is 22.5. The van der Waals surface area contributed by atoms with Gasteiger partial charge in [0, 0.05) is 28.8 Å². The Morgan fingerprint density at radius 3 is 2.70 bits per heavy atom. The molecule has 2 N–H and O–H groups in total. The molecule has 0 aliphatic carbocycles. The minimum atomic E-state index is 0.748. The Morgan fingerprint density at radius 2 is 1.88 bits per heavy atom. The highest BCUT2D eigenvalue weighted by Crippen LogP contribution is 2.29. The Kier molecular flexibility index (Phi) is 6.01. The fraction of sp³-hybridized carbons (Fsp3) is 0.143. The SMILES string of the molecule is Cc1cc(Nc2ncnc3ccc(C#CC4=CCCNC4)cc23)ccc1Oc1ccccc1. The lowest BCUT2D eigenvalue weighted by molar-refractivity contribution is 0.479. The van der Waals surface area contributed by atoms with Crippen LogP contribution in [0.25, 0.3) is 10.9 Å². The highest BCUT2D eigenvalue weighted by molar-refractivity contribution is 5.91. The number of para-hydroxylation sites is 1. The summed E-state index contributed by atoms with van der Waals surface area (Å²) in [6, 6.07) is 21.8. The van der Waals surface area contributed by atoms with Crippen LogP contribution in [0.1, 0.15) is 17.5 Å². The summed E-state index contributed by atoms with van der Waals surface area (Å²) in [5.41, 5.74) is 4.91. The number of nitrogens with zero attached hydrogens (tertiary/aromatic N) is 2. The molecule has 0 atom stereocenters. The molecule has 0 fully saturated rings. The van der Waals surface area contributed by atoms with Gasteiger partial charge >= 0.3 is 0 Å². The molecule has 0 unspecified atom stereocenters. The Morgan fingerprint density at radius 1 is 0.970 bits per heavy atom. The second-order valence-corrected chi connectivity index (χ2v) is 7.92. The van der Waals surface area contributed by atoms with Gasteiger partial charge in [0.25, 0.3) is 0 Å². The Labute approximate surface area is 193 Å². The molecule has 5 heteroatoms. The average Bonchev–Trinajstić information content (AvgIpc) is 2.86. The number of anilines is 2. The van der Waals surface area contributed by atoms with Crippen molar-refractivity contribution in [3.63, 3.8) is 0 Å². The van der Waals surface area contributed by atoms with Crippen molar-refractivity contribution in [2.75, 3.05) is 18.4 Å². The standard InChI is InChI=1S/C28H24N4O/c1-20-16-23(12-14-27(20)33-24-7-3-2-4-8-24)32-28-25-17-21(11-13-26(25)30-19-31-28)9-10-22-6-5-15-29-18-22/h2-4,6-8,11-14,16-17,19,29H,5,15,18H2,1H3,(H,30,31,32). The molecule has 0 saturated carbocycles. The van der Waals surface area contributed by atoms with Crippen molar-refractivity contribution < 1.29 is 4.74 Å². The van der Waals surface area contributed by atoms with Crippen LogP contribution in [0.3, 0.4) is 0 Å². The molecule has 162 valence electrons. The van der Waals surface area contributed by atoms with E-state index in [1.54, 1.807) is 6.33 Å². The highest BCUT2D eigenvalue weighted by Gasteiger charge is 2.08. The summed E-state index contributed by atoms with van der Waals surface area (Å²) in [7, 11) is 0. The van der Waals surface area contributed by atoms with Gasteiger partial charge in [-0.1, -0.05) is 36.1 Å². The van der Waals surface area contributed by atoms with Gasteiger partial charge < -0.3 is 15.4 Å². The van der Waals surface area contributed by atoms with Crippen LogP contribution in [0.5, 0.6) is 11.5 Å². The van der Waals surface area contributed by atoms with Gasteiger partial charge in [-0.05, 0) is 74.0 Å². The van der Waals surface area contributed by atoms with Crippen LogP contribution in [0.2, 0.25) is 0 Å². The van der Waals surface area contributed by atoms with Crippen LogP contribution < -0.4 is 15.4 Å². The van der Waals surface area contributed by atoms with Crippen molar-refractivity contribution in [2.45, 2.75) is 13.3 Å². The monoisotopic (exact) mass is 432 g/mol. The van der Waals surface area contributed by atoms with Crippen molar-refractivity contribution in [3.05, 3.63) is 95.8 Å². The fourth-order valence-corrected chi connectivity index (χ4v) is 3.72. The largest absolute Gasteiger partial charge is 0.457 e. The minimum absolute atomic E-state index is 0.748. The fourth-order valence-electron chi connectivity index (χ4n) is 3.72. The quantitative estimate of drug-likeness (QED) is 0.403. The second kappa shape index (κ2) is 9.56. The molecule has 0 spiro atoms. The van der Waals surface area contributed by atoms with E-state index in [4.69, 9.17) is 4.74 Å². The first-order valence-corrected chi connectivity index (χ1v) is 11.0. The van der Waals surface area contributed by atoms with E-state index in [1.807, 2.05) is 67.6 Å². The molecule has 5 nitrogen and oxygen atoms in total. The van der Waals surface area contributed by atoms with Gasteiger partial charge in [0.1, 0.15) is 23.6 Å². The van der Waals surface area contributed by atoms with Gasteiger partial charge in [0.2, 0.25) is 0 Å². The zero-order valence-electron chi connectivity index (χ0n) is 18.4. The maximum atomic E-state index is 6.00. The number of benzene rings is 3. The summed E-state index contributed by atoms with van der Waals surface area (Å²) in [4.78, 5) is 8.90. The Balaban J connectivity index is 1.40. The van der Waals surface area contributed by atoms with Crippen molar-refractivity contribution in [1.29, 1.82) is 0 Å². The van der Waals surface area contributed by atoms with Gasteiger partial charge in [-0.3, -0.25) is 0 Å². The summed E-state index contributed by atoms with van der Waals surface area (Å²) in [5.74, 6) is 8.95. The van der Waals surface area contributed by atoms with Crippen LogP contribution in [0, 0.1) is 18.8 Å². The van der Waals surface area contributed by atoms with E-state index in [0.29, 0.717) is 0 Å². The lowest BCUT2D eigenvalue weighted by Crippen LogP contribution is -2.21. The summed E-state index contributed by atoms with van der Waals surface area (Å²) in [6.45, 7) is 3.89. The van der Waals surface area contributed by atoms with Gasteiger partial charge in [0.05, 0.1) is 5.52 Å². The predicted molar refractivity (Wildman–Crippen MR) is 133 cm³/mol. The minimum Gasteiger partial charge on any atom is -0.457 e. The molecule has 0 radical (unpaired) electrons. The van der Waals surface area contributed by atoms with Gasteiger partial charge in [-0.15, -0.1) is 0 Å². The van der Waals surface area contributed by atoms with Crippen molar-refractivity contribution in [3.8, 4) is 23.3 Å². The third-order valence-corrected chi connectivity index (χ3v) is 5.44. The molecule has 3 aromatic carbocycles. The number of ether oxygens (including phenoxy) is 1. The highest BCUT2D eigenvalue weighted by atomic mass is 16.5. The Bertz CT molecular complexity index is 1380. The van der Waals surface area contributed by atoms with Gasteiger partial charge in [-0.25, -0.2) is 9.97 Å². The second-order valence-electron chi connectivity index (χ2n) is 7.92. The number of nitrogens with one attached hydrogen (secondary N) is 2. The number of hydrogen-bond donors (Lipinski definition) is 2. The molecule has 1 aliphatic heterocycles. The third-order valence-electron chi connectivity index (χ3n) is 5.44. The van der Waals surface area contributed by atoms with E-state index >= 15 is 0 Å². The van der Waals surface area contributed by atoms with E-state index in [1.165, 1.54) is 0 Å². The molecule has 1 aliphatic rings. The first-order chi connectivity index (χ1) is 16.2. The zero-order valence-corrected chi connectivity index (χ0v) is 18.4. The molecule has 0 amide bonds. The van der Waals surface area contributed by atoms with Crippen molar-refractivity contribution in [1.82, 2.24) is 15.3 Å². The summed E-state index contributed by atoms with van der Waals surface area (Å²) < 4.78 is 6.00. The topological polar surface area (TPSA) is 59.1 Å². The van der Waals surface area contributed by atoms with Gasteiger partial charge in [0.15, 0.2) is 0 Å². The maximum absolute atomic E-state index is 6.00. The number of aryl methyl sites for hydroxylation is 1. The van der Waals surface area contributed by atoms with Crippen LogP contribution in [0.15, 0.2) is 84.7 Å². The predicted octanol–water partition coefficient (Wildman–Crippen LogP) is 5.75. The first kappa shape index (κ1) is 20.7. The Hall–Kier alpha value is -4.14. The normalized spacial score (nSPS) is 13.1. The lowest BCUT2D eigenvalue weighted by Gasteiger charge is -2.12. The summed E-state index contributed by atoms with van der Waals surface area (Å²) >= 11 is 0. The molecule has 0 bridgehead atoms. The third kappa shape index (κ3) is 5.03. The van der Waals surface area contributed by atoms with E-state index in [9.17, 15) is 0 Å². The van der Waals surface area contributed by atoms with Crippen molar-refractivity contribution >= 4 is 22.4 Å². The van der Waals surface area contributed by atoms with Crippen molar-refractivity contribution in [2.24, 2.45) is 0 Å². The smallest absolute Gasteiger partial charge is 0.141 e. The molecule has 33 heavy (non-hydrogen) atoms. The van der Waals surface area contributed by atoms with Crippen LogP contribution >= 0.6 is 0 Å². The number of hydrogen-bond acceptors (Lipinski definition) is 5. The van der Waals surface area contributed by atoms with E-state index < -0.39 is 0 Å².